The van der Waals surface area contributed by atoms with Gasteiger partial charge in [-0.3, -0.25) is 4.79 Å². The molecule has 4 nitrogen and oxygen atoms in total. The van der Waals surface area contributed by atoms with Crippen LogP contribution in [0.1, 0.15) is 28.7 Å². The number of carboxylic acids is 1. The number of aliphatic carboxylic acids is 1. The summed E-state index contributed by atoms with van der Waals surface area (Å²) in [6, 6.07) is 12.8. The van der Waals surface area contributed by atoms with E-state index in [1.54, 1.807) is 24.3 Å². The summed E-state index contributed by atoms with van der Waals surface area (Å²) in [6.07, 6.45) is -1.87. The van der Waals surface area contributed by atoms with Gasteiger partial charge in [0.25, 0.3) is 6.43 Å². The molecule has 2 aromatic carbocycles. The van der Waals surface area contributed by atoms with Crippen molar-refractivity contribution >= 4 is 5.97 Å². The molecule has 146 valence electrons. The normalized spacial score (nSPS) is 12.2. The van der Waals surface area contributed by atoms with Crippen LogP contribution in [0.25, 0.3) is 0 Å². The molecule has 1 unspecified atom stereocenters. The summed E-state index contributed by atoms with van der Waals surface area (Å²) in [5, 5.41) is 12.5. The van der Waals surface area contributed by atoms with E-state index in [0.29, 0.717) is 18.7 Å². The van der Waals surface area contributed by atoms with Gasteiger partial charge in [0, 0.05) is 12.6 Å². The quantitative estimate of drug-likeness (QED) is 0.654. The molecule has 0 saturated carbocycles. The molecule has 0 aliphatic rings. The van der Waals surface area contributed by atoms with Crippen molar-refractivity contribution in [1.29, 1.82) is 0 Å². The Hall–Kier alpha value is -2.47. The topological polar surface area (TPSA) is 58.6 Å². The van der Waals surface area contributed by atoms with Crippen LogP contribution >= 0.6 is 0 Å². The molecule has 0 bridgehead atoms. The maximum Gasteiger partial charge on any atom is 0.304 e. The molecule has 0 amide bonds. The third kappa shape index (κ3) is 7.35. The van der Waals surface area contributed by atoms with Crippen molar-refractivity contribution in [2.45, 2.75) is 45.7 Å². The number of benzene rings is 2. The van der Waals surface area contributed by atoms with Crippen LogP contribution in [0.4, 0.5) is 8.78 Å². The molecule has 0 heterocycles. The summed E-state index contributed by atoms with van der Waals surface area (Å²) in [5.74, 6) is -0.468. The first-order valence-corrected chi connectivity index (χ1v) is 8.84. The van der Waals surface area contributed by atoms with Gasteiger partial charge in [-0.1, -0.05) is 35.9 Å². The van der Waals surface area contributed by atoms with Gasteiger partial charge in [-0.15, -0.1) is 0 Å². The van der Waals surface area contributed by atoms with Crippen LogP contribution in [-0.4, -0.2) is 30.2 Å². The Morgan fingerprint density at radius 2 is 1.85 bits per heavy atom. The van der Waals surface area contributed by atoms with Crippen molar-refractivity contribution in [2.24, 2.45) is 0 Å². The van der Waals surface area contributed by atoms with E-state index in [1.165, 1.54) is 5.56 Å². The number of aryl methyl sites for hydroxylation is 2. The number of nitrogens with one attached hydrogen (secondary N) is 1. The van der Waals surface area contributed by atoms with Crippen LogP contribution in [0, 0.1) is 13.8 Å². The van der Waals surface area contributed by atoms with Crippen molar-refractivity contribution in [3.63, 3.8) is 0 Å². The van der Waals surface area contributed by atoms with Crippen molar-refractivity contribution in [3.05, 3.63) is 64.7 Å². The largest absolute Gasteiger partial charge is 0.488 e. The molecule has 0 saturated heterocycles. The van der Waals surface area contributed by atoms with Crippen molar-refractivity contribution in [1.82, 2.24) is 5.32 Å². The molecule has 2 rings (SSSR count). The van der Waals surface area contributed by atoms with E-state index in [9.17, 15) is 18.7 Å². The van der Waals surface area contributed by atoms with E-state index in [0.717, 1.165) is 16.7 Å². The fraction of sp³-hybridized carbons (Fsp3) is 0.381. The van der Waals surface area contributed by atoms with Crippen LogP contribution < -0.4 is 10.1 Å². The standard InChI is InChI=1S/C21H25F2NO3/c1-14-3-6-17(15(2)9-14)10-18(11-21(25)26)24-12-16-4-7-19(8-5-16)27-13-20(22)23/h3-9,18,20,24H,10-13H2,1-2H3,(H,25,26). The van der Waals surface area contributed by atoms with Gasteiger partial charge in [-0.2, -0.15) is 0 Å². The van der Waals surface area contributed by atoms with Crippen LogP contribution in [-0.2, 0) is 17.8 Å². The predicted molar refractivity (Wildman–Crippen MR) is 100 cm³/mol. The molecule has 2 aromatic rings. The summed E-state index contributed by atoms with van der Waals surface area (Å²) < 4.78 is 29.3. The van der Waals surface area contributed by atoms with Gasteiger partial charge in [0.2, 0.25) is 0 Å². The number of hydrogen-bond acceptors (Lipinski definition) is 3. The average Bonchev–Trinajstić information content (AvgIpc) is 2.60. The van der Waals surface area contributed by atoms with Crippen molar-refractivity contribution < 1.29 is 23.4 Å². The van der Waals surface area contributed by atoms with Gasteiger partial charge in [-0.25, -0.2) is 8.78 Å². The van der Waals surface area contributed by atoms with E-state index in [2.05, 4.69) is 11.4 Å². The van der Waals surface area contributed by atoms with E-state index >= 15 is 0 Å². The number of halogens is 2. The molecular formula is C21H25F2NO3. The fourth-order valence-corrected chi connectivity index (χ4v) is 2.89. The minimum absolute atomic E-state index is 0.0168. The SMILES string of the molecule is Cc1ccc(CC(CC(=O)O)NCc2ccc(OCC(F)F)cc2)c(C)c1. The zero-order chi connectivity index (χ0) is 19.8. The lowest BCUT2D eigenvalue weighted by molar-refractivity contribution is -0.137. The lowest BCUT2D eigenvalue weighted by Crippen LogP contribution is -2.33. The first kappa shape index (κ1) is 20.8. The molecule has 6 heteroatoms. The third-order valence-corrected chi connectivity index (χ3v) is 4.28. The minimum atomic E-state index is -2.51. The smallest absolute Gasteiger partial charge is 0.304 e. The van der Waals surface area contributed by atoms with E-state index in [1.807, 2.05) is 26.0 Å². The number of carboxylic acid groups (broad SMARTS) is 1. The van der Waals surface area contributed by atoms with Gasteiger partial charge >= 0.3 is 5.97 Å². The van der Waals surface area contributed by atoms with E-state index in [-0.39, 0.29) is 12.5 Å². The summed E-state index contributed by atoms with van der Waals surface area (Å²) in [7, 11) is 0. The molecule has 0 aliphatic heterocycles. The second-order valence-electron chi connectivity index (χ2n) is 6.66. The molecule has 0 fully saturated rings. The Bertz CT molecular complexity index is 748. The predicted octanol–water partition coefficient (Wildman–Crippen LogP) is 4.12. The number of alkyl halides is 2. The highest BCUT2D eigenvalue weighted by atomic mass is 19.3. The van der Waals surface area contributed by atoms with Crippen molar-refractivity contribution in [2.75, 3.05) is 6.61 Å². The summed E-state index contributed by atoms with van der Waals surface area (Å²) in [5.41, 5.74) is 4.37. The number of ether oxygens (including phenoxy) is 1. The molecular weight excluding hydrogens is 352 g/mol. The molecule has 0 aromatic heterocycles. The highest BCUT2D eigenvalue weighted by Crippen LogP contribution is 2.16. The maximum absolute atomic E-state index is 12.2. The second kappa shape index (κ2) is 10.0. The van der Waals surface area contributed by atoms with E-state index in [4.69, 9.17) is 4.74 Å². The van der Waals surface area contributed by atoms with Crippen LogP contribution in [0.3, 0.4) is 0 Å². The zero-order valence-corrected chi connectivity index (χ0v) is 15.5. The summed E-state index contributed by atoms with van der Waals surface area (Å²) in [4.78, 5) is 11.2. The molecule has 1 atom stereocenters. The highest BCUT2D eigenvalue weighted by Gasteiger charge is 2.15. The molecule has 2 N–H and O–H groups in total. The van der Waals surface area contributed by atoms with Gasteiger partial charge in [-0.05, 0) is 49.1 Å². The molecule has 0 radical (unpaired) electrons. The molecule has 0 aliphatic carbocycles. The average molecular weight is 377 g/mol. The summed E-state index contributed by atoms with van der Waals surface area (Å²) >= 11 is 0. The van der Waals surface area contributed by atoms with Crippen LogP contribution in [0.5, 0.6) is 5.75 Å². The lowest BCUT2D eigenvalue weighted by Gasteiger charge is -2.19. The number of rotatable bonds is 10. The Labute approximate surface area is 158 Å². The Morgan fingerprint density at radius 3 is 2.44 bits per heavy atom. The molecule has 0 spiro atoms. The van der Waals surface area contributed by atoms with Gasteiger partial charge in [0.15, 0.2) is 0 Å². The lowest BCUT2D eigenvalue weighted by atomic mass is 9.97. The Kier molecular flexibility index (Phi) is 7.73. The van der Waals surface area contributed by atoms with E-state index < -0.39 is 19.0 Å². The highest BCUT2D eigenvalue weighted by molar-refractivity contribution is 5.67. The Balaban J connectivity index is 1.96. The minimum Gasteiger partial charge on any atom is -0.488 e. The zero-order valence-electron chi connectivity index (χ0n) is 15.5. The third-order valence-electron chi connectivity index (χ3n) is 4.28. The number of carbonyl (C=O) groups is 1. The van der Waals surface area contributed by atoms with Crippen LogP contribution in [0.15, 0.2) is 42.5 Å². The monoisotopic (exact) mass is 377 g/mol. The summed E-state index contributed by atoms with van der Waals surface area (Å²) in [6.45, 7) is 3.91. The second-order valence-corrected chi connectivity index (χ2v) is 6.66. The van der Waals surface area contributed by atoms with Gasteiger partial charge in [0.05, 0.1) is 6.42 Å². The van der Waals surface area contributed by atoms with Crippen molar-refractivity contribution in [3.8, 4) is 5.75 Å². The van der Waals surface area contributed by atoms with Gasteiger partial charge < -0.3 is 15.2 Å². The van der Waals surface area contributed by atoms with Crippen LogP contribution in [0.2, 0.25) is 0 Å². The fourth-order valence-electron chi connectivity index (χ4n) is 2.89. The Morgan fingerprint density at radius 1 is 1.15 bits per heavy atom. The van der Waals surface area contributed by atoms with Gasteiger partial charge in [0.1, 0.15) is 12.4 Å². The maximum atomic E-state index is 12.2. The molecule has 27 heavy (non-hydrogen) atoms. The first-order valence-electron chi connectivity index (χ1n) is 8.84. The number of hydrogen-bond donors (Lipinski definition) is 2. The first-order chi connectivity index (χ1) is 12.8.